The van der Waals surface area contributed by atoms with Gasteiger partial charge in [0.15, 0.2) is 5.96 Å². The first-order valence-electron chi connectivity index (χ1n) is 10.5. The minimum atomic E-state index is 0.207. The van der Waals surface area contributed by atoms with Gasteiger partial charge in [0, 0.05) is 46.3 Å². The lowest BCUT2D eigenvalue weighted by atomic mass is 10.1. The van der Waals surface area contributed by atoms with Crippen molar-refractivity contribution >= 4 is 5.96 Å². The zero-order chi connectivity index (χ0) is 20.4. The Balaban J connectivity index is 1.78. The van der Waals surface area contributed by atoms with Crippen LogP contribution in [0, 0.1) is 5.92 Å². The Hall–Kier alpha value is -1.63. The van der Waals surface area contributed by atoms with Crippen LogP contribution in [0.15, 0.2) is 29.3 Å². The van der Waals surface area contributed by atoms with Gasteiger partial charge in [-0.2, -0.15) is 0 Å². The van der Waals surface area contributed by atoms with Crippen LogP contribution in [0.2, 0.25) is 0 Å². The molecule has 1 heterocycles. The summed E-state index contributed by atoms with van der Waals surface area (Å²) in [5, 5.41) is 6.84. The molecule has 1 atom stereocenters. The maximum absolute atomic E-state index is 5.92. The van der Waals surface area contributed by atoms with Crippen LogP contribution < -0.4 is 10.6 Å². The van der Waals surface area contributed by atoms with Gasteiger partial charge in [-0.25, -0.2) is 0 Å². The molecule has 0 amide bonds. The Labute approximate surface area is 171 Å². The van der Waals surface area contributed by atoms with Crippen molar-refractivity contribution in [3.05, 3.63) is 35.4 Å². The molecule has 1 aliphatic rings. The second-order valence-electron chi connectivity index (χ2n) is 8.10. The molecule has 0 spiro atoms. The number of guanidine groups is 1. The van der Waals surface area contributed by atoms with Crippen LogP contribution in [0.4, 0.5) is 0 Å². The molecule has 28 heavy (non-hydrogen) atoms. The smallest absolute Gasteiger partial charge is 0.191 e. The first kappa shape index (κ1) is 22.7. The lowest BCUT2D eigenvalue weighted by molar-refractivity contribution is -0.0284. The fourth-order valence-corrected chi connectivity index (χ4v) is 3.46. The van der Waals surface area contributed by atoms with E-state index in [1.807, 2.05) is 7.05 Å². The van der Waals surface area contributed by atoms with E-state index >= 15 is 0 Å². The van der Waals surface area contributed by atoms with Gasteiger partial charge < -0.3 is 20.3 Å². The number of hydrogen-bond donors (Lipinski definition) is 2. The van der Waals surface area contributed by atoms with E-state index in [0.29, 0.717) is 5.92 Å². The summed E-state index contributed by atoms with van der Waals surface area (Å²) in [6, 6.07) is 8.74. The van der Waals surface area contributed by atoms with Crippen LogP contribution in [-0.4, -0.2) is 75.3 Å². The molecule has 2 N–H and O–H groups in total. The summed E-state index contributed by atoms with van der Waals surface area (Å²) in [7, 11) is 3.96. The maximum atomic E-state index is 5.92. The topological polar surface area (TPSA) is 52.1 Å². The Bertz CT molecular complexity index is 604. The van der Waals surface area contributed by atoms with Gasteiger partial charge in [0.1, 0.15) is 0 Å². The molecular formula is C22H39N5O. The Morgan fingerprint density at radius 1 is 1.32 bits per heavy atom. The normalized spacial score (nSPS) is 18.7. The second kappa shape index (κ2) is 12.0. The van der Waals surface area contributed by atoms with Crippen molar-refractivity contribution in [1.82, 2.24) is 20.4 Å². The minimum absolute atomic E-state index is 0.207. The number of morpholine rings is 1. The molecule has 0 bridgehead atoms. The first-order chi connectivity index (χ1) is 13.5. The van der Waals surface area contributed by atoms with Gasteiger partial charge in [0.25, 0.3) is 0 Å². The van der Waals surface area contributed by atoms with Crippen LogP contribution in [0.5, 0.6) is 0 Å². The average molecular weight is 390 g/mol. The maximum Gasteiger partial charge on any atom is 0.191 e. The molecule has 1 aromatic carbocycles. The van der Waals surface area contributed by atoms with E-state index in [2.05, 4.69) is 77.5 Å². The van der Waals surface area contributed by atoms with Crippen molar-refractivity contribution in [1.29, 1.82) is 0 Å². The van der Waals surface area contributed by atoms with E-state index in [1.165, 1.54) is 11.1 Å². The molecule has 1 fully saturated rings. The highest BCUT2D eigenvalue weighted by atomic mass is 16.5. The van der Waals surface area contributed by atoms with Crippen molar-refractivity contribution < 1.29 is 4.74 Å². The van der Waals surface area contributed by atoms with Crippen molar-refractivity contribution in [2.45, 2.75) is 40.0 Å². The van der Waals surface area contributed by atoms with Crippen LogP contribution in [0.25, 0.3) is 0 Å². The molecule has 6 nitrogen and oxygen atoms in total. The summed E-state index contributed by atoms with van der Waals surface area (Å²) in [4.78, 5) is 9.16. The minimum Gasteiger partial charge on any atom is -0.374 e. The van der Waals surface area contributed by atoms with Crippen molar-refractivity contribution in [2.24, 2.45) is 10.9 Å². The number of aliphatic imine (C=N–C) groups is 1. The third-order valence-corrected chi connectivity index (χ3v) is 5.01. The SMILES string of the molecule is CCN(C)Cc1cccc(CNC(=NC)NCC2CN(CC(C)C)CCO2)c1. The molecular weight excluding hydrogens is 350 g/mol. The van der Waals surface area contributed by atoms with E-state index in [1.54, 1.807) is 0 Å². The lowest BCUT2D eigenvalue weighted by Gasteiger charge is -2.34. The largest absolute Gasteiger partial charge is 0.374 e. The molecule has 0 aromatic heterocycles. The van der Waals surface area contributed by atoms with E-state index in [4.69, 9.17) is 4.74 Å². The van der Waals surface area contributed by atoms with Gasteiger partial charge in [-0.15, -0.1) is 0 Å². The second-order valence-corrected chi connectivity index (χ2v) is 8.10. The number of benzene rings is 1. The molecule has 0 radical (unpaired) electrons. The summed E-state index contributed by atoms with van der Waals surface area (Å²) < 4.78 is 5.92. The third kappa shape index (κ3) is 8.17. The molecule has 1 unspecified atom stereocenters. The molecule has 158 valence electrons. The fourth-order valence-electron chi connectivity index (χ4n) is 3.46. The lowest BCUT2D eigenvalue weighted by Crippen LogP contribution is -2.50. The number of hydrogen-bond acceptors (Lipinski definition) is 4. The molecule has 0 aliphatic carbocycles. The highest BCUT2D eigenvalue weighted by Crippen LogP contribution is 2.09. The van der Waals surface area contributed by atoms with E-state index in [0.717, 1.165) is 58.4 Å². The molecule has 2 rings (SSSR count). The summed E-state index contributed by atoms with van der Waals surface area (Å²) in [6.45, 7) is 14.2. The molecule has 1 aliphatic heterocycles. The van der Waals surface area contributed by atoms with Crippen molar-refractivity contribution in [3.63, 3.8) is 0 Å². The highest BCUT2D eigenvalue weighted by Gasteiger charge is 2.21. The summed E-state index contributed by atoms with van der Waals surface area (Å²) >= 11 is 0. The predicted molar refractivity (Wildman–Crippen MR) is 118 cm³/mol. The zero-order valence-corrected chi connectivity index (χ0v) is 18.4. The fraction of sp³-hybridized carbons (Fsp3) is 0.682. The Morgan fingerprint density at radius 2 is 2.11 bits per heavy atom. The van der Waals surface area contributed by atoms with Crippen LogP contribution >= 0.6 is 0 Å². The molecule has 1 saturated heterocycles. The number of rotatable bonds is 9. The Kier molecular flexibility index (Phi) is 9.75. The van der Waals surface area contributed by atoms with Gasteiger partial charge in [0.05, 0.1) is 12.7 Å². The Morgan fingerprint density at radius 3 is 2.82 bits per heavy atom. The zero-order valence-electron chi connectivity index (χ0n) is 18.4. The highest BCUT2D eigenvalue weighted by molar-refractivity contribution is 5.79. The third-order valence-electron chi connectivity index (χ3n) is 5.01. The molecule has 6 heteroatoms. The summed E-state index contributed by atoms with van der Waals surface area (Å²) in [5.41, 5.74) is 2.61. The molecule has 1 aromatic rings. The van der Waals surface area contributed by atoms with Crippen molar-refractivity contribution in [3.8, 4) is 0 Å². The van der Waals surface area contributed by atoms with Crippen LogP contribution in [0.1, 0.15) is 31.9 Å². The van der Waals surface area contributed by atoms with E-state index in [9.17, 15) is 0 Å². The van der Waals surface area contributed by atoms with Crippen molar-refractivity contribution in [2.75, 3.05) is 53.4 Å². The van der Waals surface area contributed by atoms with E-state index < -0.39 is 0 Å². The van der Waals surface area contributed by atoms with Gasteiger partial charge in [0.2, 0.25) is 0 Å². The monoisotopic (exact) mass is 389 g/mol. The summed E-state index contributed by atoms with van der Waals surface area (Å²) in [5.74, 6) is 1.51. The number of ether oxygens (including phenoxy) is 1. The average Bonchev–Trinajstić information content (AvgIpc) is 2.68. The molecule has 0 saturated carbocycles. The number of nitrogens with one attached hydrogen (secondary N) is 2. The van der Waals surface area contributed by atoms with Gasteiger partial charge >= 0.3 is 0 Å². The van der Waals surface area contributed by atoms with E-state index in [-0.39, 0.29) is 6.10 Å². The van der Waals surface area contributed by atoms with Crippen LogP contribution in [0.3, 0.4) is 0 Å². The first-order valence-corrected chi connectivity index (χ1v) is 10.5. The van der Waals surface area contributed by atoms with Crippen LogP contribution in [-0.2, 0) is 17.8 Å². The van der Waals surface area contributed by atoms with Gasteiger partial charge in [-0.1, -0.05) is 45.0 Å². The number of nitrogens with zero attached hydrogens (tertiary/aromatic N) is 3. The predicted octanol–water partition coefficient (Wildman–Crippen LogP) is 2.16. The summed E-state index contributed by atoms with van der Waals surface area (Å²) in [6.07, 6.45) is 0.207. The van der Waals surface area contributed by atoms with Gasteiger partial charge in [-0.3, -0.25) is 9.89 Å². The van der Waals surface area contributed by atoms with Gasteiger partial charge in [-0.05, 0) is 30.6 Å². The quantitative estimate of drug-likeness (QED) is 0.501. The standard InChI is InChI=1S/C22H39N5O/c1-6-26(5)16-20-9-7-8-19(12-20)13-24-22(23-4)25-14-21-17-27(10-11-28-21)15-18(2)3/h7-9,12,18,21H,6,10-11,13-17H2,1-5H3,(H2,23,24,25).